The molecule has 2 aromatic rings. The number of nitrogens with zero attached hydrogens (tertiary/aromatic N) is 2. The van der Waals surface area contributed by atoms with E-state index in [1.54, 1.807) is 19.1 Å². The number of esters is 1. The Balaban J connectivity index is 1.70. The Labute approximate surface area is 169 Å². The number of benzene rings is 1. The van der Waals surface area contributed by atoms with Crippen LogP contribution in [0.1, 0.15) is 52.7 Å². The summed E-state index contributed by atoms with van der Waals surface area (Å²) in [7, 11) is 0. The van der Waals surface area contributed by atoms with E-state index in [0.29, 0.717) is 10.6 Å². The lowest BCUT2D eigenvalue weighted by Gasteiger charge is -2.25. The number of rotatable bonds is 6. The normalized spacial score (nSPS) is 14.3. The average molecular weight is 397 g/mol. The second-order valence-electron chi connectivity index (χ2n) is 6.90. The lowest BCUT2D eigenvalue weighted by atomic mass is 10.1. The van der Waals surface area contributed by atoms with Gasteiger partial charge in [0.15, 0.2) is 6.10 Å². The topological polar surface area (TPSA) is 70.4 Å². The number of amides is 1. The fourth-order valence-electron chi connectivity index (χ4n) is 3.39. The minimum absolute atomic E-state index is 0.207. The number of nitriles is 1. The first-order chi connectivity index (χ1) is 13.6. The van der Waals surface area contributed by atoms with Crippen LogP contribution in [0.3, 0.4) is 0 Å². The van der Waals surface area contributed by atoms with Crippen LogP contribution in [-0.2, 0) is 22.4 Å². The third-order valence-corrected chi connectivity index (χ3v) is 6.08. The van der Waals surface area contributed by atoms with Crippen LogP contribution in [0.4, 0.5) is 5.69 Å². The molecule has 0 aliphatic heterocycles. The highest BCUT2D eigenvalue weighted by Gasteiger charge is 2.26. The fraction of sp³-hybridized carbons (Fsp3) is 0.409. The van der Waals surface area contributed by atoms with Gasteiger partial charge in [-0.05, 0) is 56.4 Å². The number of carbonyl (C=O) groups is 2. The second-order valence-corrected chi connectivity index (χ2v) is 8.04. The van der Waals surface area contributed by atoms with E-state index < -0.39 is 12.1 Å². The maximum atomic E-state index is 12.9. The lowest BCUT2D eigenvalue weighted by Crippen LogP contribution is -2.40. The molecule has 6 heteroatoms. The van der Waals surface area contributed by atoms with Crippen LogP contribution in [0.25, 0.3) is 0 Å². The van der Waals surface area contributed by atoms with Gasteiger partial charge in [0.05, 0.1) is 12.5 Å². The van der Waals surface area contributed by atoms with Crippen molar-refractivity contribution in [2.24, 2.45) is 0 Å². The highest BCUT2D eigenvalue weighted by Crippen LogP contribution is 2.29. The fourth-order valence-corrected chi connectivity index (χ4v) is 4.53. The largest absolute Gasteiger partial charge is 0.448 e. The van der Waals surface area contributed by atoms with Gasteiger partial charge in [0.25, 0.3) is 5.91 Å². The molecule has 1 amide bonds. The highest BCUT2D eigenvalue weighted by atomic mass is 32.1. The zero-order chi connectivity index (χ0) is 19.9. The Morgan fingerprint density at radius 2 is 1.96 bits per heavy atom. The number of para-hydroxylation sites is 1. The monoisotopic (exact) mass is 396 g/mol. The van der Waals surface area contributed by atoms with Gasteiger partial charge in [0.1, 0.15) is 4.88 Å². The molecule has 1 aromatic carbocycles. The molecule has 5 nitrogen and oxygen atoms in total. The molecule has 0 fully saturated rings. The molecule has 3 rings (SSSR count). The Hall–Kier alpha value is -2.65. The summed E-state index contributed by atoms with van der Waals surface area (Å²) >= 11 is 1.49. The van der Waals surface area contributed by atoms with E-state index in [-0.39, 0.29) is 18.9 Å². The minimum Gasteiger partial charge on any atom is -0.448 e. The van der Waals surface area contributed by atoms with Crippen molar-refractivity contribution < 1.29 is 14.3 Å². The number of carbonyl (C=O) groups excluding carboxylic acids is 2. The molecular weight excluding hydrogens is 372 g/mol. The number of hydrogen-bond acceptors (Lipinski definition) is 5. The molecule has 1 unspecified atom stereocenters. The third kappa shape index (κ3) is 4.79. The first kappa shape index (κ1) is 20.1. The molecule has 1 atom stereocenters. The molecule has 28 heavy (non-hydrogen) atoms. The highest BCUT2D eigenvalue weighted by molar-refractivity contribution is 7.14. The van der Waals surface area contributed by atoms with Gasteiger partial charge in [-0.3, -0.25) is 4.79 Å². The van der Waals surface area contributed by atoms with Crippen molar-refractivity contribution in [2.45, 2.75) is 51.6 Å². The van der Waals surface area contributed by atoms with Crippen molar-refractivity contribution in [3.05, 3.63) is 51.7 Å². The van der Waals surface area contributed by atoms with E-state index in [2.05, 4.69) is 6.07 Å². The smallest absolute Gasteiger partial charge is 0.349 e. The molecule has 0 radical (unpaired) electrons. The van der Waals surface area contributed by atoms with Crippen LogP contribution in [0.5, 0.6) is 0 Å². The van der Waals surface area contributed by atoms with Gasteiger partial charge < -0.3 is 9.64 Å². The van der Waals surface area contributed by atoms with Crippen LogP contribution in [-0.4, -0.2) is 24.5 Å². The summed E-state index contributed by atoms with van der Waals surface area (Å²) in [5.74, 6) is -0.778. The summed E-state index contributed by atoms with van der Waals surface area (Å²) in [6.07, 6.45) is 4.83. The maximum Gasteiger partial charge on any atom is 0.349 e. The van der Waals surface area contributed by atoms with Crippen molar-refractivity contribution >= 4 is 28.9 Å². The molecule has 0 saturated heterocycles. The predicted octanol–water partition coefficient (Wildman–Crippen LogP) is 4.51. The first-order valence-electron chi connectivity index (χ1n) is 9.66. The van der Waals surface area contributed by atoms with E-state index in [0.717, 1.165) is 25.7 Å². The zero-order valence-electron chi connectivity index (χ0n) is 16.0. The Bertz CT molecular complexity index is 846. The van der Waals surface area contributed by atoms with Crippen LogP contribution in [0.15, 0.2) is 36.4 Å². The van der Waals surface area contributed by atoms with Gasteiger partial charge in [-0.15, -0.1) is 11.3 Å². The third-order valence-electron chi connectivity index (χ3n) is 4.86. The van der Waals surface area contributed by atoms with Gasteiger partial charge in [-0.25, -0.2) is 4.79 Å². The number of anilines is 1. The lowest BCUT2D eigenvalue weighted by molar-refractivity contribution is -0.126. The van der Waals surface area contributed by atoms with E-state index in [1.807, 2.05) is 24.3 Å². The van der Waals surface area contributed by atoms with Crippen molar-refractivity contribution in [3.63, 3.8) is 0 Å². The van der Waals surface area contributed by atoms with Crippen LogP contribution in [0.2, 0.25) is 0 Å². The van der Waals surface area contributed by atoms with Crippen LogP contribution < -0.4 is 4.90 Å². The van der Waals surface area contributed by atoms with Crippen molar-refractivity contribution in [3.8, 4) is 6.07 Å². The number of ether oxygens (including phenoxy) is 1. The minimum atomic E-state index is -0.923. The summed E-state index contributed by atoms with van der Waals surface area (Å²) in [5, 5.41) is 8.90. The first-order valence-corrected chi connectivity index (χ1v) is 10.5. The summed E-state index contributed by atoms with van der Waals surface area (Å²) < 4.78 is 5.49. The molecule has 1 aromatic heterocycles. The molecule has 1 aliphatic carbocycles. The van der Waals surface area contributed by atoms with E-state index in [4.69, 9.17) is 10.00 Å². The van der Waals surface area contributed by atoms with Gasteiger partial charge in [-0.1, -0.05) is 24.6 Å². The molecule has 0 spiro atoms. The second kappa shape index (κ2) is 9.52. The Morgan fingerprint density at radius 1 is 1.21 bits per heavy atom. The predicted molar refractivity (Wildman–Crippen MR) is 109 cm³/mol. The number of thiophene rings is 1. The quantitative estimate of drug-likeness (QED) is 0.532. The molecule has 146 valence electrons. The SMILES string of the molecule is CC(OC(=O)c1cc2c(s1)CCCCC2)C(=O)N(CCC#N)c1ccccc1. The van der Waals surface area contributed by atoms with Crippen LogP contribution >= 0.6 is 11.3 Å². The molecule has 0 N–H and O–H groups in total. The molecule has 1 aliphatic rings. The molecule has 0 saturated carbocycles. The summed E-state index contributed by atoms with van der Waals surface area (Å²) in [4.78, 5) is 28.8. The number of fused-ring (bicyclic) bond motifs is 1. The van der Waals surface area contributed by atoms with Gasteiger partial charge in [-0.2, -0.15) is 5.26 Å². The van der Waals surface area contributed by atoms with Gasteiger partial charge in [0.2, 0.25) is 0 Å². The standard InChI is InChI=1S/C22H24N2O3S/c1-16(21(25)24(14-8-13-23)18-10-5-3-6-11-18)27-22(26)20-15-17-9-4-2-7-12-19(17)28-20/h3,5-6,10-11,15-16H,2,4,7-9,12,14H2,1H3. The van der Waals surface area contributed by atoms with Gasteiger partial charge in [0, 0.05) is 17.1 Å². The van der Waals surface area contributed by atoms with Gasteiger partial charge >= 0.3 is 5.97 Å². The number of aryl methyl sites for hydroxylation is 2. The summed E-state index contributed by atoms with van der Waals surface area (Å²) in [6, 6.07) is 13.1. The van der Waals surface area contributed by atoms with E-state index in [9.17, 15) is 9.59 Å². The zero-order valence-corrected chi connectivity index (χ0v) is 16.8. The number of hydrogen-bond donors (Lipinski definition) is 0. The molecular formula is C22H24N2O3S. The van der Waals surface area contributed by atoms with E-state index >= 15 is 0 Å². The maximum absolute atomic E-state index is 12.9. The molecule has 0 bridgehead atoms. The van der Waals surface area contributed by atoms with Crippen LogP contribution in [0, 0.1) is 11.3 Å². The summed E-state index contributed by atoms with van der Waals surface area (Å²) in [6.45, 7) is 1.84. The van der Waals surface area contributed by atoms with E-state index in [1.165, 1.54) is 33.1 Å². The summed E-state index contributed by atoms with van der Waals surface area (Å²) in [5.41, 5.74) is 1.93. The van der Waals surface area contributed by atoms with Crippen molar-refractivity contribution in [1.82, 2.24) is 0 Å². The average Bonchev–Trinajstić information content (AvgIpc) is 2.99. The van der Waals surface area contributed by atoms with Crippen molar-refractivity contribution in [2.75, 3.05) is 11.4 Å². The molecule has 1 heterocycles. The Kier molecular flexibility index (Phi) is 6.83. The Morgan fingerprint density at radius 3 is 2.71 bits per heavy atom. The van der Waals surface area contributed by atoms with Crippen molar-refractivity contribution in [1.29, 1.82) is 5.26 Å².